The molecular formula is C33H60OSi. The summed E-state index contributed by atoms with van der Waals surface area (Å²) in [5.74, 6) is 5.72. The van der Waals surface area contributed by atoms with E-state index >= 15 is 0 Å². The lowest BCUT2D eigenvalue weighted by Crippen LogP contribution is -2.55. The lowest BCUT2D eigenvalue weighted by Gasteiger charge is -2.61. The third kappa shape index (κ3) is 5.15. The van der Waals surface area contributed by atoms with Gasteiger partial charge in [0.05, 0.1) is 0 Å². The van der Waals surface area contributed by atoms with Crippen molar-refractivity contribution in [3.63, 3.8) is 0 Å². The summed E-state index contributed by atoms with van der Waals surface area (Å²) < 4.78 is 6.98. The molecule has 4 fully saturated rings. The smallest absolute Gasteiger partial charge is 0.192 e. The van der Waals surface area contributed by atoms with Crippen molar-refractivity contribution in [3.05, 3.63) is 11.6 Å². The van der Waals surface area contributed by atoms with Crippen LogP contribution in [0.2, 0.25) is 18.1 Å². The molecule has 0 bridgehead atoms. The summed E-state index contributed by atoms with van der Waals surface area (Å²) in [5, 5.41) is 0.320. The Bertz CT molecular complexity index is 772. The van der Waals surface area contributed by atoms with E-state index in [1.165, 1.54) is 76.2 Å². The van der Waals surface area contributed by atoms with Crippen molar-refractivity contribution in [1.29, 1.82) is 0 Å². The van der Waals surface area contributed by atoms with E-state index in [-0.39, 0.29) is 0 Å². The van der Waals surface area contributed by atoms with Gasteiger partial charge in [-0.05, 0) is 149 Å². The first-order valence-electron chi connectivity index (χ1n) is 15.5. The van der Waals surface area contributed by atoms with Crippen LogP contribution in [0.4, 0.5) is 0 Å². The number of hydrogen-bond donors (Lipinski definition) is 0. The first kappa shape index (κ1) is 27.9. The van der Waals surface area contributed by atoms with E-state index in [1.807, 2.05) is 0 Å². The monoisotopic (exact) mass is 500 g/mol. The largest absolute Gasteiger partial charge is 0.414 e. The van der Waals surface area contributed by atoms with E-state index < -0.39 is 8.32 Å². The van der Waals surface area contributed by atoms with E-state index in [1.54, 1.807) is 0 Å². The summed E-state index contributed by atoms with van der Waals surface area (Å²) in [6, 6.07) is 0. The van der Waals surface area contributed by atoms with E-state index in [0.29, 0.717) is 22.0 Å². The number of allylic oxidation sites excluding steroid dienone is 2. The highest BCUT2D eigenvalue weighted by atomic mass is 28.4. The standard InChI is InChI=1S/C33H60OSi/c1-23(2)12-11-13-24(3)28-16-17-29-27-15-14-25-22-26(34-35(9,10)31(4,5)6)18-20-32(25,7)30(27)19-21-33(28,29)8/h12,24-30H,11,13-22H2,1-10H3/t24-,25-,26?,27+,28-,29+,30+,32+,33-/m1/s1. The molecule has 0 aromatic heterocycles. The first-order valence-corrected chi connectivity index (χ1v) is 18.4. The maximum Gasteiger partial charge on any atom is 0.192 e. The van der Waals surface area contributed by atoms with Gasteiger partial charge in [-0.2, -0.15) is 0 Å². The minimum atomic E-state index is -1.67. The van der Waals surface area contributed by atoms with Crippen molar-refractivity contribution >= 4 is 8.32 Å². The van der Waals surface area contributed by atoms with E-state index in [2.05, 4.69) is 74.6 Å². The van der Waals surface area contributed by atoms with Gasteiger partial charge < -0.3 is 4.43 Å². The van der Waals surface area contributed by atoms with Crippen LogP contribution >= 0.6 is 0 Å². The van der Waals surface area contributed by atoms with Gasteiger partial charge in [-0.3, -0.25) is 0 Å². The van der Waals surface area contributed by atoms with Crippen LogP contribution in [-0.4, -0.2) is 14.4 Å². The predicted octanol–water partition coefficient (Wildman–Crippen LogP) is 10.4. The molecule has 202 valence electrons. The summed E-state index contributed by atoms with van der Waals surface area (Å²) in [6.07, 6.45) is 18.8. The van der Waals surface area contributed by atoms with Gasteiger partial charge in [-0.15, -0.1) is 0 Å². The summed E-state index contributed by atoms with van der Waals surface area (Å²) in [5.41, 5.74) is 2.67. The van der Waals surface area contributed by atoms with E-state index in [0.717, 1.165) is 35.5 Å². The molecule has 0 aromatic rings. The molecule has 4 saturated carbocycles. The fraction of sp³-hybridized carbons (Fsp3) is 0.939. The van der Waals surface area contributed by atoms with Gasteiger partial charge in [0.15, 0.2) is 8.32 Å². The fourth-order valence-electron chi connectivity index (χ4n) is 9.73. The summed E-state index contributed by atoms with van der Waals surface area (Å²) in [6.45, 7) is 24.7. The van der Waals surface area contributed by atoms with Crippen molar-refractivity contribution in [3.8, 4) is 0 Å². The molecule has 35 heavy (non-hydrogen) atoms. The zero-order chi connectivity index (χ0) is 25.8. The van der Waals surface area contributed by atoms with Crippen molar-refractivity contribution in [2.45, 2.75) is 150 Å². The van der Waals surface area contributed by atoms with Crippen molar-refractivity contribution < 1.29 is 4.43 Å². The highest BCUT2D eigenvalue weighted by Crippen LogP contribution is 2.68. The average molecular weight is 501 g/mol. The topological polar surface area (TPSA) is 9.23 Å². The van der Waals surface area contributed by atoms with Crippen LogP contribution in [0.5, 0.6) is 0 Å². The molecule has 0 saturated heterocycles. The fourth-order valence-corrected chi connectivity index (χ4v) is 11.1. The number of hydrogen-bond acceptors (Lipinski definition) is 1. The molecule has 4 aliphatic rings. The summed E-state index contributed by atoms with van der Waals surface area (Å²) >= 11 is 0. The van der Waals surface area contributed by atoms with Gasteiger partial charge in [-0.1, -0.05) is 53.2 Å². The predicted molar refractivity (Wildman–Crippen MR) is 155 cm³/mol. The SMILES string of the molecule is CC(C)=CCC[C@@H](C)[C@H]1CC[C@H]2[C@@H]3CC[C@@H]4CC(O[Si](C)(C)C(C)(C)C)CC[C@]4(C)[C@H]3CC[C@]12C. The van der Waals surface area contributed by atoms with Gasteiger partial charge in [0.1, 0.15) is 0 Å². The van der Waals surface area contributed by atoms with Gasteiger partial charge in [0.25, 0.3) is 0 Å². The first-order chi connectivity index (χ1) is 16.2. The van der Waals surface area contributed by atoms with E-state index in [9.17, 15) is 0 Å². The molecule has 4 aliphatic carbocycles. The Kier molecular flexibility index (Phi) is 7.91. The average Bonchev–Trinajstić information content (AvgIpc) is 3.10. The van der Waals surface area contributed by atoms with Gasteiger partial charge >= 0.3 is 0 Å². The normalized spacial score (nSPS) is 42.6. The minimum Gasteiger partial charge on any atom is -0.414 e. The molecular weight excluding hydrogens is 440 g/mol. The Morgan fingerprint density at radius 2 is 1.60 bits per heavy atom. The Morgan fingerprint density at radius 1 is 0.943 bits per heavy atom. The maximum absolute atomic E-state index is 6.98. The number of fused-ring (bicyclic) bond motifs is 5. The Balaban J connectivity index is 1.43. The summed E-state index contributed by atoms with van der Waals surface area (Å²) in [4.78, 5) is 0. The van der Waals surface area contributed by atoms with E-state index in [4.69, 9.17) is 4.43 Å². The zero-order valence-electron chi connectivity index (χ0n) is 25.3. The second kappa shape index (κ2) is 9.90. The van der Waals surface area contributed by atoms with Gasteiger partial charge in [0, 0.05) is 6.10 Å². The zero-order valence-corrected chi connectivity index (χ0v) is 26.3. The second-order valence-corrected chi connectivity index (χ2v) is 20.8. The Hall–Kier alpha value is -0.0831. The molecule has 2 heteroatoms. The van der Waals surface area contributed by atoms with Crippen LogP contribution in [0, 0.1) is 46.3 Å². The van der Waals surface area contributed by atoms with Crippen LogP contribution in [0.25, 0.3) is 0 Å². The van der Waals surface area contributed by atoms with Crippen molar-refractivity contribution in [2.24, 2.45) is 46.3 Å². The molecule has 0 amide bonds. The van der Waals surface area contributed by atoms with Crippen LogP contribution in [0.3, 0.4) is 0 Å². The third-order valence-corrected chi connectivity index (χ3v) is 17.4. The van der Waals surface area contributed by atoms with Crippen LogP contribution in [0.15, 0.2) is 11.6 Å². The van der Waals surface area contributed by atoms with Gasteiger partial charge in [-0.25, -0.2) is 0 Å². The lowest BCUT2D eigenvalue weighted by atomic mass is 9.44. The van der Waals surface area contributed by atoms with Crippen LogP contribution in [0.1, 0.15) is 126 Å². The summed E-state index contributed by atoms with van der Waals surface area (Å²) in [7, 11) is -1.67. The molecule has 0 aromatic carbocycles. The number of rotatable bonds is 6. The van der Waals surface area contributed by atoms with Crippen molar-refractivity contribution in [1.82, 2.24) is 0 Å². The molecule has 0 radical (unpaired) electrons. The lowest BCUT2D eigenvalue weighted by molar-refractivity contribution is -0.127. The van der Waals surface area contributed by atoms with Crippen molar-refractivity contribution in [2.75, 3.05) is 0 Å². The highest BCUT2D eigenvalue weighted by molar-refractivity contribution is 6.74. The highest BCUT2D eigenvalue weighted by Gasteiger charge is 2.60. The molecule has 1 unspecified atom stereocenters. The molecule has 0 aliphatic heterocycles. The minimum absolute atomic E-state index is 0.320. The second-order valence-electron chi connectivity index (χ2n) is 16.0. The Morgan fingerprint density at radius 3 is 2.26 bits per heavy atom. The van der Waals surface area contributed by atoms with Crippen LogP contribution in [-0.2, 0) is 4.43 Å². The molecule has 0 spiro atoms. The Labute approximate surface area is 220 Å². The molecule has 9 atom stereocenters. The molecule has 0 N–H and O–H groups in total. The molecule has 0 heterocycles. The maximum atomic E-state index is 6.98. The van der Waals surface area contributed by atoms with Gasteiger partial charge in [0.2, 0.25) is 0 Å². The molecule has 1 nitrogen and oxygen atoms in total. The quantitative estimate of drug-likeness (QED) is 0.260. The third-order valence-electron chi connectivity index (χ3n) is 12.8. The van der Waals surface area contributed by atoms with Crippen LogP contribution < -0.4 is 0 Å². The molecule has 4 rings (SSSR count).